The SMILES string of the molecule is Cc1cc(C)c(S(=O)(=O)Nc2ccn(Cc3cccc4ccccc34)n2)c(C)c1. The van der Waals surface area contributed by atoms with E-state index in [0.717, 1.165) is 22.3 Å². The van der Waals surface area contributed by atoms with Gasteiger partial charge in [0, 0.05) is 12.3 Å². The van der Waals surface area contributed by atoms with Gasteiger partial charge in [-0.2, -0.15) is 5.10 Å². The summed E-state index contributed by atoms with van der Waals surface area (Å²) in [7, 11) is -3.71. The van der Waals surface area contributed by atoms with Gasteiger partial charge in [-0.05, 0) is 48.2 Å². The second-order valence-corrected chi connectivity index (χ2v) is 8.99. The maximum absolute atomic E-state index is 12.9. The molecule has 0 saturated carbocycles. The molecule has 1 heterocycles. The smallest absolute Gasteiger partial charge is 0.263 e. The van der Waals surface area contributed by atoms with Crippen molar-refractivity contribution >= 4 is 26.6 Å². The number of rotatable bonds is 5. The molecule has 0 aliphatic rings. The summed E-state index contributed by atoms with van der Waals surface area (Å²) < 4.78 is 30.2. The van der Waals surface area contributed by atoms with Crippen LogP contribution in [0.4, 0.5) is 5.82 Å². The molecule has 1 aromatic heterocycles. The maximum Gasteiger partial charge on any atom is 0.263 e. The molecule has 29 heavy (non-hydrogen) atoms. The van der Waals surface area contributed by atoms with Crippen molar-refractivity contribution in [2.24, 2.45) is 0 Å². The van der Waals surface area contributed by atoms with Gasteiger partial charge in [0.2, 0.25) is 0 Å². The van der Waals surface area contributed by atoms with E-state index in [1.165, 1.54) is 10.8 Å². The fraction of sp³-hybridized carbons (Fsp3) is 0.174. The average molecular weight is 406 g/mol. The lowest BCUT2D eigenvalue weighted by Crippen LogP contribution is -2.16. The van der Waals surface area contributed by atoms with Crippen molar-refractivity contribution in [2.75, 3.05) is 4.72 Å². The van der Waals surface area contributed by atoms with Crippen molar-refractivity contribution in [3.8, 4) is 0 Å². The van der Waals surface area contributed by atoms with E-state index in [2.05, 4.69) is 34.1 Å². The summed E-state index contributed by atoms with van der Waals surface area (Å²) in [4.78, 5) is 0.312. The van der Waals surface area contributed by atoms with Gasteiger partial charge in [-0.15, -0.1) is 0 Å². The lowest BCUT2D eigenvalue weighted by molar-refractivity contribution is 0.599. The number of aryl methyl sites for hydroxylation is 3. The van der Waals surface area contributed by atoms with E-state index in [4.69, 9.17) is 0 Å². The number of nitrogens with one attached hydrogen (secondary N) is 1. The standard InChI is InChI=1S/C23H23N3O2S/c1-16-13-17(2)23(18(3)14-16)29(27,28)25-22-11-12-26(24-22)15-20-9-6-8-19-7-4-5-10-21(19)20/h4-14H,15H2,1-3H3,(H,24,25). The summed E-state index contributed by atoms with van der Waals surface area (Å²) in [6.07, 6.45) is 1.79. The third-order valence-corrected chi connectivity index (χ3v) is 6.62. The molecule has 0 bridgehead atoms. The molecular weight excluding hydrogens is 382 g/mol. The van der Waals surface area contributed by atoms with Crippen LogP contribution in [0.15, 0.2) is 71.8 Å². The fourth-order valence-electron chi connectivity index (χ4n) is 3.89. The van der Waals surface area contributed by atoms with Gasteiger partial charge >= 0.3 is 0 Å². The molecule has 3 aromatic carbocycles. The van der Waals surface area contributed by atoms with Crippen LogP contribution in [0.1, 0.15) is 22.3 Å². The second-order valence-electron chi connectivity index (χ2n) is 7.37. The molecule has 0 saturated heterocycles. The number of hydrogen-bond donors (Lipinski definition) is 1. The summed E-state index contributed by atoms with van der Waals surface area (Å²) in [5, 5.41) is 6.76. The quantitative estimate of drug-likeness (QED) is 0.518. The number of anilines is 1. The van der Waals surface area contributed by atoms with E-state index < -0.39 is 10.0 Å². The van der Waals surface area contributed by atoms with Crippen LogP contribution in [0.25, 0.3) is 10.8 Å². The van der Waals surface area contributed by atoms with Crippen LogP contribution in [-0.2, 0) is 16.6 Å². The van der Waals surface area contributed by atoms with Gasteiger partial charge in [0.25, 0.3) is 10.0 Å². The minimum atomic E-state index is -3.71. The minimum Gasteiger partial charge on any atom is -0.266 e. The predicted octanol–water partition coefficient (Wildman–Crippen LogP) is 4.81. The molecule has 4 aromatic rings. The molecule has 5 nitrogen and oxygen atoms in total. The van der Waals surface area contributed by atoms with Crippen molar-refractivity contribution in [1.29, 1.82) is 0 Å². The van der Waals surface area contributed by atoms with Gasteiger partial charge in [0.05, 0.1) is 11.4 Å². The number of sulfonamides is 1. The Bertz CT molecular complexity index is 1280. The number of nitrogens with zero attached hydrogens (tertiary/aromatic N) is 2. The first-order valence-electron chi connectivity index (χ1n) is 9.44. The van der Waals surface area contributed by atoms with Crippen molar-refractivity contribution in [3.05, 3.63) is 89.1 Å². The third-order valence-electron chi connectivity index (χ3n) is 4.97. The minimum absolute atomic E-state index is 0.310. The molecule has 4 rings (SSSR count). The molecule has 0 fully saturated rings. The van der Waals surface area contributed by atoms with E-state index in [1.807, 2.05) is 51.1 Å². The van der Waals surface area contributed by atoms with Crippen LogP contribution in [-0.4, -0.2) is 18.2 Å². The molecule has 0 aliphatic heterocycles. The number of fused-ring (bicyclic) bond motifs is 1. The molecular formula is C23H23N3O2S. The topological polar surface area (TPSA) is 64.0 Å². The number of benzene rings is 3. The summed E-state index contributed by atoms with van der Waals surface area (Å²) in [5.74, 6) is 0.310. The first-order valence-corrected chi connectivity index (χ1v) is 10.9. The largest absolute Gasteiger partial charge is 0.266 e. The van der Waals surface area contributed by atoms with Gasteiger partial charge in [-0.3, -0.25) is 9.40 Å². The molecule has 0 spiro atoms. The van der Waals surface area contributed by atoms with Crippen LogP contribution < -0.4 is 4.72 Å². The molecule has 0 atom stereocenters. The third kappa shape index (κ3) is 3.89. The predicted molar refractivity (Wildman–Crippen MR) is 117 cm³/mol. The van der Waals surface area contributed by atoms with E-state index in [-0.39, 0.29) is 0 Å². The highest BCUT2D eigenvalue weighted by atomic mass is 32.2. The van der Waals surface area contributed by atoms with Crippen LogP contribution in [0.3, 0.4) is 0 Å². The van der Waals surface area contributed by atoms with Crippen LogP contribution in [0.2, 0.25) is 0 Å². The lowest BCUT2D eigenvalue weighted by atomic mass is 10.0. The van der Waals surface area contributed by atoms with E-state index in [1.54, 1.807) is 16.9 Å². The van der Waals surface area contributed by atoms with Gasteiger partial charge in [0.1, 0.15) is 0 Å². The monoisotopic (exact) mass is 405 g/mol. The number of aromatic nitrogens is 2. The highest BCUT2D eigenvalue weighted by Crippen LogP contribution is 2.24. The Morgan fingerprint density at radius 2 is 1.62 bits per heavy atom. The maximum atomic E-state index is 12.9. The Labute approximate surface area is 171 Å². The van der Waals surface area contributed by atoms with Crippen molar-refractivity contribution < 1.29 is 8.42 Å². The summed E-state index contributed by atoms with van der Waals surface area (Å²) in [6.45, 7) is 6.14. The molecule has 0 radical (unpaired) electrons. The normalized spacial score (nSPS) is 11.7. The number of hydrogen-bond acceptors (Lipinski definition) is 3. The zero-order chi connectivity index (χ0) is 20.6. The van der Waals surface area contributed by atoms with Crippen molar-refractivity contribution in [2.45, 2.75) is 32.2 Å². The summed E-state index contributed by atoms with van der Waals surface area (Å²) in [5.41, 5.74) is 3.62. The van der Waals surface area contributed by atoms with E-state index >= 15 is 0 Å². The van der Waals surface area contributed by atoms with Gasteiger partial charge in [-0.1, -0.05) is 60.2 Å². The molecule has 1 N–H and O–H groups in total. The van der Waals surface area contributed by atoms with Crippen LogP contribution in [0.5, 0.6) is 0 Å². The highest BCUT2D eigenvalue weighted by Gasteiger charge is 2.21. The Hall–Kier alpha value is -3.12. The van der Waals surface area contributed by atoms with Crippen molar-refractivity contribution in [1.82, 2.24) is 9.78 Å². The van der Waals surface area contributed by atoms with E-state index in [0.29, 0.717) is 17.3 Å². The van der Waals surface area contributed by atoms with Gasteiger partial charge in [0.15, 0.2) is 5.82 Å². The summed E-state index contributed by atoms with van der Waals surface area (Å²) >= 11 is 0. The van der Waals surface area contributed by atoms with Crippen molar-refractivity contribution in [3.63, 3.8) is 0 Å². The molecule has 0 aliphatic carbocycles. The zero-order valence-electron chi connectivity index (χ0n) is 16.7. The highest BCUT2D eigenvalue weighted by molar-refractivity contribution is 7.92. The zero-order valence-corrected chi connectivity index (χ0v) is 17.5. The van der Waals surface area contributed by atoms with Gasteiger partial charge in [-0.25, -0.2) is 8.42 Å². The molecule has 0 unspecified atom stereocenters. The Morgan fingerprint density at radius 3 is 2.38 bits per heavy atom. The van der Waals surface area contributed by atoms with Crippen LogP contribution >= 0.6 is 0 Å². The first kappa shape index (κ1) is 19.2. The van der Waals surface area contributed by atoms with Crippen LogP contribution in [0, 0.1) is 20.8 Å². The Balaban J connectivity index is 1.60. The van der Waals surface area contributed by atoms with E-state index in [9.17, 15) is 8.42 Å². The molecule has 6 heteroatoms. The second kappa shape index (κ2) is 7.37. The molecule has 0 amide bonds. The fourth-order valence-corrected chi connectivity index (χ4v) is 5.34. The Morgan fingerprint density at radius 1 is 0.931 bits per heavy atom. The van der Waals surface area contributed by atoms with Gasteiger partial charge < -0.3 is 0 Å². The lowest BCUT2D eigenvalue weighted by Gasteiger charge is -2.12. The average Bonchev–Trinajstić information content (AvgIpc) is 3.07. The Kier molecular flexibility index (Phi) is 4.88. The first-order chi connectivity index (χ1) is 13.8. The summed E-state index contributed by atoms with van der Waals surface area (Å²) in [6, 6.07) is 19.8. The molecule has 148 valence electrons.